The van der Waals surface area contributed by atoms with Crippen molar-refractivity contribution in [2.45, 2.75) is 6.92 Å². The van der Waals surface area contributed by atoms with Gasteiger partial charge in [0, 0.05) is 54.5 Å². The molecule has 0 saturated carbocycles. The van der Waals surface area contributed by atoms with Gasteiger partial charge in [0.2, 0.25) is 0 Å². The van der Waals surface area contributed by atoms with Gasteiger partial charge in [0.05, 0.1) is 30.0 Å². The Labute approximate surface area is 134 Å². The van der Waals surface area contributed by atoms with E-state index < -0.39 is 0 Å². The smallest absolute Gasteiger partial charge is 0.128 e. The summed E-state index contributed by atoms with van der Waals surface area (Å²) < 4.78 is 9.62. The van der Waals surface area contributed by atoms with E-state index in [-0.39, 0.29) is 0 Å². The van der Waals surface area contributed by atoms with E-state index in [0.717, 1.165) is 33.6 Å². The molecule has 4 rings (SSSR count). The van der Waals surface area contributed by atoms with E-state index in [1.807, 2.05) is 32.6 Å². The van der Waals surface area contributed by atoms with Crippen LogP contribution in [-0.4, -0.2) is 26.4 Å². The number of fused-ring (bicyclic) bond motifs is 3. The molecule has 0 aliphatic rings. The van der Waals surface area contributed by atoms with E-state index in [2.05, 4.69) is 39.9 Å². The molecule has 23 heavy (non-hydrogen) atoms. The van der Waals surface area contributed by atoms with E-state index in [1.54, 1.807) is 11.8 Å². The topological polar surface area (TPSA) is 44.9 Å². The Bertz CT molecular complexity index is 1040. The van der Waals surface area contributed by atoms with Gasteiger partial charge in [-0.15, -0.1) is 0 Å². The van der Waals surface area contributed by atoms with Crippen LogP contribution in [0.1, 0.15) is 5.69 Å². The molecule has 3 heterocycles. The SMILES string of the molecule is COc1cc2c(cc1-c1cnn(C)c1)c1ccnc(C)c1n2C. The monoisotopic (exact) mass is 306 g/mol. The molecule has 0 spiro atoms. The summed E-state index contributed by atoms with van der Waals surface area (Å²) in [6, 6.07) is 6.36. The first-order valence-electron chi connectivity index (χ1n) is 7.51. The number of ether oxygens (including phenoxy) is 1. The van der Waals surface area contributed by atoms with Gasteiger partial charge in [-0.25, -0.2) is 0 Å². The molecule has 4 aromatic rings. The third-order valence-electron chi connectivity index (χ3n) is 4.43. The maximum Gasteiger partial charge on any atom is 0.128 e. The average molecular weight is 306 g/mol. The minimum Gasteiger partial charge on any atom is -0.496 e. The number of hydrogen-bond acceptors (Lipinski definition) is 3. The molecule has 0 fully saturated rings. The van der Waals surface area contributed by atoms with Crippen LogP contribution in [-0.2, 0) is 14.1 Å². The lowest BCUT2D eigenvalue weighted by molar-refractivity contribution is 0.417. The second-order valence-corrected chi connectivity index (χ2v) is 5.82. The van der Waals surface area contributed by atoms with E-state index in [0.29, 0.717) is 0 Å². The van der Waals surface area contributed by atoms with Gasteiger partial charge in [0.15, 0.2) is 0 Å². The molecule has 0 amide bonds. The molecule has 0 aliphatic heterocycles. The van der Waals surface area contributed by atoms with Crippen LogP contribution >= 0.6 is 0 Å². The Hall–Kier alpha value is -2.82. The summed E-state index contributed by atoms with van der Waals surface area (Å²) in [5.41, 5.74) is 5.43. The maximum atomic E-state index is 5.63. The van der Waals surface area contributed by atoms with Gasteiger partial charge in [-0.2, -0.15) is 5.10 Å². The average Bonchev–Trinajstić information content (AvgIpc) is 3.09. The lowest BCUT2D eigenvalue weighted by Crippen LogP contribution is -1.92. The first-order chi connectivity index (χ1) is 11.1. The quantitative estimate of drug-likeness (QED) is 0.570. The standard InChI is InChI=1S/C18H18N4O/c1-11-18-13(5-6-19-11)15-7-14(12-9-20-21(2)10-12)17(23-4)8-16(15)22(18)3/h5-10H,1-4H3. The first-order valence-corrected chi connectivity index (χ1v) is 7.51. The fourth-order valence-electron chi connectivity index (χ4n) is 3.34. The summed E-state index contributed by atoms with van der Waals surface area (Å²) in [7, 11) is 5.69. The third-order valence-corrected chi connectivity index (χ3v) is 4.43. The number of aryl methyl sites for hydroxylation is 3. The molecule has 0 unspecified atom stereocenters. The van der Waals surface area contributed by atoms with Gasteiger partial charge in [-0.05, 0) is 19.1 Å². The van der Waals surface area contributed by atoms with Crippen LogP contribution in [0.25, 0.3) is 32.9 Å². The molecule has 116 valence electrons. The number of hydrogen-bond donors (Lipinski definition) is 0. The second kappa shape index (κ2) is 4.84. The van der Waals surface area contributed by atoms with Gasteiger partial charge in [0.1, 0.15) is 5.75 Å². The van der Waals surface area contributed by atoms with Crippen LogP contribution in [0.2, 0.25) is 0 Å². The molecular weight excluding hydrogens is 288 g/mol. The van der Waals surface area contributed by atoms with E-state index in [4.69, 9.17) is 4.74 Å². The largest absolute Gasteiger partial charge is 0.496 e. The van der Waals surface area contributed by atoms with Gasteiger partial charge in [0.25, 0.3) is 0 Å². The molecule has 5 heteroatoms. The predicted octanol–water partition coefficient (Wildman–Crippen LogP) is 3.44. The van der Waals surface area contributed by atoms with Crippen molar-refractivity contribution in [1.82, 2.24) is 19.3 Å². The number of pyridine rings is 1. The van der Waals surface area contributed by atoms with Crippen LogP contribution in [0.3, 0.4) is 0 Å². The van der Waals surface area contributed by atoms with Gasteiger partial charge in [-0.1, -0.05) is 0 Å². The zero-order chi connectivity index (χ0) is 16.1. The van der Waals surface area contributed by atoms with Crippen LogP contribution in [0.5, 0.6) is 5.75 Å². The summed E-state index contributed by atoms with van der Waals surface area (Å²) in [5.74, 6) is 0.849. The molecule has 1 aromatic carbocycles. The Morgan fingerprint density at radius 2 is 1.96 bits per heavy atom. The molecule has 0 N–H and O–H groups in total. The fourth-order valence-corrected chi connectivity index (χ4v) is 3.34. The van der Waals surface area contributed by atoms with E-state index >= 15 is 0 Å². The molecule has 5 nitrogen and oxygen atoms in total. The second-order valence-electron chi connectivity index (χ2n) is 5.82. The number of rotatable bonds is 2. The van der Waals surface area contributed by atoms with Gasteiger partial charge in [-0.3, -0.25) is 9.67 Å². The van der Waals surface area contributed by atoms with Crippen molar-refractivity contribution in [3.63, 3.8) is 0 Å². The summed E-state index contributed by atoms with van der Waals surface area (Å²) in [4.78, 5) is 4.42. The Morgan fingerprint density at radius 1 is 1.13 bits per heavy atom. The van der Waals surface area contributed by atoms with Crippen molar-refractivity contribution in [1.29, 1.82) is 0 Å². The van der Waals surface area contributed by atoms with Crippen molar-refractivity contribution in [2.75, 3.05) is 7.11 Å². The molecule has 0 radical (unpaired) electrons. The highest BCUT2D eigenvalue weighted by Crippen LogP contribution is 2.38. The highest BCUT2D eigenvalue weighted by atomic mass is 16.5. The third kappa shape index (κ3) is 1.93. The fraction of sp³-hybridized carbons (Fsp3) is 0.222. The highest BCUT2D eigenvalue weighted by molar-refractivity contribution is 6.10. The number of benzene rings is 1. The van der Waals surface area contributed by atoms with Crippen molar-refractivity contribution in [3.05, 3.63) is 42.5 Å². The zero-order valence-corrected chi connectivity index (χ0v) is 13.7. The van der Waals surface area contributed by atoms with Crippen LogP contribution < -0.4 is 4.74 Å². The molecule has 0 saturated heterocycles. The molecule has 0 bridgehead atoms. The minimum absolute atomic E-state index is 0.849. The Kier molecular flexibility index (Phi) is 2.91. The highest BCUT2D eigenvalue weighted by Gasteiger charge is 2.16. The van der Waals surface area contributed by atoms with Crippen molar-refractivity contribution in [3.8, 4) is 16.9 Å². The molecular formula is C18H18N4O. The van der Waals surface area contributed by atoms with E-state index in [1.165, 1.54) is 10.8 Å². The lowest BCUT2D eigenvalue weighted by atomic mass is 10.0. The Balaban J connectivity index is 2.13. The summed E-state index contributed by atoms with van der Waals surface area (Å²) >= 11 is 0. The minimum atomic E-state index is 0.849. The van der Waals surface area contributed by atoms with Crippen LogP contribution in [0.15, 0.2) is 36.8 Å². The number of nitrogens with zero attached hydrogens (tertiary/aromatic N) is 4. The van der Waals surface area contributed by atoms with Crippen LogP contribution in [0.4, 0.5) is 0 Å². The summed E-state index contributed by atoms with van der Waals surface area (Å²) in [6.45, 7) is 2.04. The van der Waals surface area contributed by atoms with Gasteiger partial charge < -0.3 is 9.30 Å². The normalized spacial score (nSPS) is 11.5. The van der Waals surface area contributed by atoms with E-state index in [9.17, 15) is 0 Å². The van der Waals surface area contributed by atoms with Crippen molar-refractivity contribution >= 4 is 21.8 Å². The number of methoxy groups -OCH3 is 1. The summed E-state index contributed by atoms with van der Waals surface area (Å²) in [6.07, 6.45) is 5.73. The number of aromatic nitrogens is 4. The summed E-state index contributed by atoms with van der Waals surface area (Å²) in [5, 5.41) is 6.69. The predicted molar refractivity (Wildman–Crippen MR) is 91.7 cm³/mol. The molecule has 0 aliphatic carbocycles. The molecule has 3 aromatic heterocycles. The Morgan fingerprint density at radius 3 is 2.65 bits per heavy atom. The zero-order valence-electron chi connectivity index (χ0n) is 13.7. The maximum absolute atomic E-state index is 5.63. The van der Waals surface area contributed by atoms with Crippen molar-refractivity contribution in [2.24, 2.45) is 14.1 Å². The van der Waals surface area contributed by atoms with Gasteiger partial charge >= 0.3 is 0 Å². The van der Waals surface area contributed by atoms with Crippen molar-refractivity contribution < 1.29 is 4.74 Å². The lowest BCUT2D eigenvalue weighted by Gasteiger charge is -2.08. The van der Waals surface area contributed by atoms with Crippen LogP contribution in [0, 0.1) is 6.92 Å². The first kappa shape index (κ1) is 13.8. The molecule has 0 atom stereocenters.